The van der Waals surface area contributed by atoms with Gasteiger partial charge in [-0.1, -0.05) is 24.8 Å². The van der Waals surface area contributed by atoms with Crippen molar-refractivity contribution in [1.29, 1.82) is 0 Å². The molecule has 1 aliphatic carbocycles. The number of hydrogen-bond donors (Lipinski definition) is 0. The van der Waals surface area contributed by atoms with E-state index < -0.39 is 0 Å². The van der Waals surface area contributed by atoms with E-state index in [4.69, 9.17) is 4.74 Å². The average molecular weight is 252 g/mol. The Morgan fingerprint density at radius 2 is 2.26 bits per heavy atom. The highest BCUT2D eigenvalue weighted by atomic mass is 16.5. The van der Waals surface area contributed by atoms with Crippen LogP contribution in [-0.4, -0.2) is 18.6 Å². The molecule has 0 amide bonds. The summed E-state index contributed by atoms with van der Waals surface area (Å²) in [6, 6.07) is 2.06. The van der Waals surface area contributed by atoms with E-state index in [1.807, 2.05) is 0 Å². The molecular weight excluding hydrogens is 236 g/mol. The van der Waals surface area contributed by atoms with Crippen LogP contribution in [0.4, 0.5) is 0 Å². The Morgan fingerprint density at radius 3 is 2.95 bits per heavy atom. The van der Waals surface area contributed by atoms with Gasteiger partial charge in [0.2, 0.25) is 0 Å². The normalized spacial score (nSPS) is 16.1. The third kappa shape index (κ3) is 1.91. The molecule has 3 heteroatoms. The lowest BCUT2D eigenvalue weighted by Gasteiger charge is -2.08. The lowest BCUT2D eigenvalue weighted by atomic mass is 10.0. The molecule has 0 N–H and O–H groups in total. The van der Waals surface area contributed by atoms with Gasteiger partial charge in [0, 0.05) is 10.8 Å². The molecule has 0 unspecified atom stereocenters. The highest BCUT2D eigenvalue weighted by molar-refractivity contribution is 5.72. The first-order valence-corrected chi connectivity index (χ1v) is 6.35. The number of ether oxygens (including phenoxy) is 1. The van der Waals surface area contributed by atoms with Gasteiger partial charge in [-0.25, -0.2) is 4.98 Å². The Morgan fingerprint density at radius 1 is 1.42 bits per heavy atom. The molecular formula is C16H16N2O. The second kappa shape index (κ2) is 4.50. The van der Waals surface area contributed by atoms with E-state index in [0.717, 1.165) is 28.4 Å². The minimum Gasteiger partial charge on any atom is -0.497 e. The van der Waals surface area contributed by atoms with Crippen molar-refractivity contribution >= 4 is 16.9 Å². The van der Waals surface area contributed by atoms with Gasteiger partial charge in [0.05, 0.1) is 19.3 Å². The summed E-state index contributed by atoms with van der Waals surface area (Å²) in [6.45, 7) is 6.78. The molecule has 3 rings (SSSR count). The van der Waals surface area contributed by atoms with Crippen LogP contribution >= 0.6 is 0 Å². The van der Waals surface area contributed by atoms with E-state index in [-0.39, 0.29) is 0 Å². The molecule has 1 aromatic heterocycles. The Hall–Kier alpha value is -2.16. The topological polar surface area (TPSA) is 34.5 Å². The van der Waals surface area contributed by atoms with Crippen LogP contribution in [-0.2, 0) is 4.74 Å². The maximum atomic E-state index is 5.32. The highest BCUT2D eigenvalue weighted by Crippen LogP contribution is 2.22. The number of allylic oxidation sites excluding steroid dienone is 4. The quantitative estimate of drug-likeness (QED) is 0.769. The molecule has 0 atom stereocenters. The first-order valence-electron chi connectivity index (χ1n) is 6.35. The van der Waals surface area contributed by atoms with Crippen molar-refractivity contribution in [3.63, 3.8) is 0 Å². The Balaban J connectivity index is 2.26. The molecule has 0 radical (unpaired) electrons. The standard InChI is InChI=1S/C16H16N2O/c1-10-9-17-16-15(10)13(11(2)19-3)8-14(18-16)12-6-4-5-7-12/h4-6,8H,2,7,9H2,1,3H3. The van der Waals surface area contributed by atoms with Crippen LogP contribution in [0, 0.1) is 0 Å². The van der Waals surface area contributed by atoms with Crippen molar-refractivity contribution in [3.8, 4) is 0 Å². The van der Waals surface area contributed by atoms with Crippen LogP contribution in [0.2, 0.25) is 0 Å². The number of nitrogens with zero attached hydrogens (tertiary/aromatic N) is 2. The minimum absolute atomic E-state index is 0.669. The highest BCUT2D eigenvalue weighted by Gasteiger charge is 2.15. The van der Waals surface area contributed by atoms with Gasteiger partial charge in [-0.15, -0.1) is 0 Å². The molecule has 2 aliphatic rings. The van der Waals surface area contributed by atoms with Gasteiger partial charge in [-0.2, -0.15) is 0 Å². The summed E-state index contributed by atoms with van der Waals surface area (Å²) in [5, 5.41) is 1.09. The summed E-state index contributed by atoms with van der Waals surface area (Å²) in [5.74, 6) is 0.669. The first kappa shape index (κ1) is 11.9. The maximum Gasteiger partial charge on any atom is 0.156 e. The van der Waals surface area contributed by atoms with E-state index in [1.165, 1.54) is 11.1 Å². The van der Waals surface area contributed by atoms with Gasteiger partial charge in [0.15, 0.2) is 5.49 Å². The second-order valence-electron chi connectivity index (χ2n) is 4.80. The van der Waals surface area contributed by atoms with Crippen molar-refractivity contribution in [2.45, 2.75) is 13.3 Å². The van der Waals surface area contributed by atoms with E-state index in [9.17, 15) is 0 Å². The molecule has 0 saturated heterocycles. The van der Waals surface area contributed by atoms with Gasteiger partial charge < -0.3 is 4.74 Å². The Labute approximate surface area is 112 Å². The molecule has 3 nitrogen and oxygen atoms in total. The average Bonchev–Trinajstić information content (AvgIpc) is 3.07. The van der Waals surface area contributed by atoms with Crippen molar-refractivity contribution in [1.82, 2.24) is 4.98 Å². The summed E-state index contributed by atoms with van der Waals surface area (Å²) >= 11 is 0. The summed E-state index contributed by atoms with van der Waals surface area (Å²) in [7, 11) is 1.65. The molecule has 19 heavy (non-hydrogen) atoms. The molecule has 0 spiro atoms. The van der Waals surface area contributed by atoms with E-state index in [1.54, 1.807) is 7.11 Å². The fourth-order valence-electron chi connectivity index (χ4n) is 2.47. The van der Waals surface area contributed by atoms with Crippen LogP contribution in [0.3, 0.4) is 0 Å². The van der Waals surface area contributed by atoms with E-state index in [0.29, 0.717) is 12.3 Å². The van der Waals surface area contributed by atoms with Crippen molar-refractivity contribution in [2.24, 2.45) is 4.99 Å². The number of rotatable bonds is 3. The second-order valence-corrected chi connectivity index (χ2v) is 4.80. The SMILES string of the molecule is C=C(OC)c1cc(C2=CC=CC2)nc2c1=C(C)CN=2. The summed E-state index contributed by atoms with van der Waals surface area (Å²) in [4.78, 5) is 9.17. The van der Waals surface area contributed by atoms with Crippen molar-refractivity contribution in [2.75, 3.05) is 13.7 Å². The number of hydrogen-bond acceptors (Lipinski definition) is 3. The van der Waals surface area contributed by atoms with Gasteiger partial charge in [0.25, 0.3) is 0 Å². The van der Waals surface area contributed by atoms with Crippen molar-refractivity contribution in [3.05, 3.63) is 52.8 Å². The molecule has 0 saturated carbocycles. The third-order valence-corrected chi connectivity index (χ3v) is 3.54. The lowest BCUT2D eigenvalue weighted by molar-refractivity contribution is 0.371. The minimum atomic E-state index is 0.669. The number of aromatic nitrogens is 1. The lowest BCUT2D eigenvalue weighted by Crippen LogP contribution is -2.31. The van der Waals surface area contributed by atoms with Gasteiger partial charge in [-0.3, -0.25) is 4.99 Å². The van der Waals surface area contributed by atoms with Crippen molar-refractivity contribution < 1.29 is 4.74 Å². The molecule has 1 aliphatic heterocycles. The predicted molar refractivity (Wildman–Crippen MR) is 76.7 cm³/mol. The fraction of sp³-hybridized carbons (Fsp3) is 0.250. The number of methoxy groups -OCH3 is 1. The summed E-state index contributed by atoms with van der Waals surface area (Å²) in [6.07, 6.45) is 7.21. The predicted octanol–water partition coefficient (Wildman–Crippen LogP) is 1.85. The summed E-state index contributed by atoms with van der Waals surface area (Å²) < 4.78 is 5.32. The Bertz CT molecular complexity index is 739. The monoisotopic (exact) mass is 252 g/mol. The molecule has 2 heterocycles. The number of fused-ring (bicyclic) bond motifs is 1. The molecule has 0 aromatic carbocycles. The smallest absolute Gasteiger partial charge is 0.156 e. The van der Waals surface area contributed by atoms with Gasteiger partial charge >= 0.3 is 0 Å². The zero-order valence-electron chi connectivity index (χ0n) is 11.2. The number of pyridine rings is 1. The van der Waals surface area contributed by atoms with Crippen LogP contribution in [0.1, 0.15) is 24.6 Å². The molecule has 0 fully saturated rings. The molecule has 96 valence electrons. The van der Waals surface area contributed by atoms with Crippen LogP contribution in [0.15, 0.2) is 35.9 Å². The van der Waals surface area contributed by atoms with Crippen LogP contribution < -0.4 is 10.7 Å². The van der Waals surface area contributed by atoms with Crippen LogP contribution in [0.25, 0.3) is 16.9 Å². The molecule has 1 aromatic rings. The van der Waals surface area contributed by atoms with E-state index >= 15 is 0 Å². The largest absolute Gasteiger partial charge is 0.497 e. The molecule has 0 bridgehead atoms. The van der Waals surface area contributed by atoms with E-state index in [2.05, 4.69) is 47.8 Å². The zero-order chi connectivity index (χ0) is 13.4. The maximum absolute atomic E-state index is 5.32. The summed E-state index contributed by atoms with van der Waals surface area (Å²) in [5.41, 5.74) is 5.23. The fourth-order valence-corrected chi connectivity index (χ4v) is 2.47. The van der Waals surface area contributed by atoms with Gasteiger partial charge in [-0.05, 0) is 30.6 Å². The Kier molecular flexibility index (Phi) is 2.82. The van der Waals surface area contributed by atoms with Gasteiger partial charge in [0.1, 0.15) is 5.76 Å². The zero-order valence-corrected chi connectivity index (χ0v) is 11.2. The first-order chi connectivity index (χ1) is 9.20. The van der Waals surface area contributed by atoms with Crippen LogP contribution in [0.5, 0.6) is 0 Å². The third-order valence-electron chi connectivity index (χ3n) is 3.54.